The second-order valence-electron chi connectivity index (χ2n) is 8.99. The van der Waals surface area contributed by atoms with Gasteiger partial charge < -0.3 is 20.1 Å². The van der Waals surface area contributed by atoms with Crippen LogP contribution in [0.1, 0.15) is 34.3 Å². The van der Waals surface area contributed by atoms with E-state index in [1.165, 1.54) is 19.5 Å². The number of methoxy groups -OCH3 is 1. The highest BCUT2D eigenvalue weighted by atomic mass is 19.4. The number of rotatable bonds is 9. The van der Waals surface area contributed by atoms with E-state index in [0.29, 0.717) is 41.7 Å². The minimum absolute atomic E-state index is 0.0598. The number of carbonyl (C=O) groups is 2. The topological polar surface area (TPSA) is 89.5 Å². The fourth-order valence-corrected chi connectivity index (χ4v) is 4.19. The second-order valence-corrected chi connectivity index (χ2v) is 8.99. The summed E-state index contributed by atoms with van der Waals surface area (Å²) >= 11 is 0. The quantitative estimate of drug-likeness (QED) is 0.288. The van der Waals surface area contributed by atoms with Gasteiger partial charge in [0.1, 0.15) is 11.6 Å². The second kappa shape index (κ2) is 11.2. The summed E-state index contributed by atoms with van der Waals surface area (Å²) in [6, 6.07) is 10.4. The molecule has 1 aromatic heterocycles. The number of carbonyl (C=O) groups excluding carboxylic acids is 2. The highest BCUT2D eigenvalue weighted by molar-refractivity contribution is 6.00. The van der Waals surface area contributed by atoms with Crippen LogP contribution in [0.3, 0.4) is 0 Å². The average molecular weight is 532 g/mol. The van der Waals surface area contributed by atoms with Gasteiger partial charge in [0.05, 0.1) is 36.6 Å². The van der Waals surface area contributed by atoms with E-state index < -0.39 is 23.0 Å². The normalized spacial score (nSPS) is 17.2. The van der Waals surface area contributed by atoms with Crippen molar-refractivity contribution >= 4 is 23.1 Å². The molecule has 0 spiro atoms. The number of nitrogens with one attached hydrogen (secondary N) is 2. The molecule has 7 nitrogen and oxygen atoms in total. The van der Waals surface area contributed by atoms with E-state index in [2.05, 4.69) is 15.6 Å². The van der Waals surface area contributed by atoms with E-state index in [-0.39, 0.29) is 37.0 Å². The Balaban J connectivity index is 1.40. The van der Waals surface area contributed by atoms with Crippen LogP contribution in [-0.4, -0.2) is 37.0 Å². The molecular formula is C27H25F4N3O4. The molecule has 2 N–H and O–H groups in total. The highest BCUT2D eigenvalue weighted by Crippen LogP contribution is 2.37. The van der Waals surface area contributed by atoms with Gasteiger partial charge in [0.25, 0.3) is 0 Å². The van der Waals surface area contributed by atoms with E-state index in [4.69, 9.17) is 9.47 Å². The first-order chi connectivity index (χ1) is 18.1. The van der Waals surface area contributed by atoms with Crippen molar-refractivity contribution in [2.24, 2.45) is 5.41 Å². The molecule has 0 saturated carbocycles. The van der Waals surface area contributed by atoms with Crippen molar-refractivity contribution in [2.75, 3.05) is 25.6 Å². The number of amides is 1. The minimum Gasteiger partial charge on any atom is -0.495 e. The Hall–Kier alpha value is -3.99. The first-order valence-electron chi connectivity index (χ1n) is 11.7. The lowest BCUT2D eigenvalue weighted by molar-refractivity contribution is -0.137. The number of alkyl halides is 3. The summed E-state index contributed by atoms with van der Waals surface area (Å²) in [4.78, 5) is 30.1. The maximum Gasteiger partial charge on any atom is 0.418 e. The van der Waals surface area contributed by atoms with E-state index in [9.17, 15) is 27.2 Å². The fraction of sp³-hybridized carbons (Fsp3) is 0.296. The molecular weight excluding hydrogens is 506 g/mol. The van der Waals surface area contributed by atoms with Gasteiger partial charge in [-0.2, -0.15) is 13.2 Å². The highest BCUT2D eigenvalue weighted by Gasteiger charge is 2.44. The number of ketones is 1. The smallest absolute Gasteiger partial charge is 0.418 e. The lowest BCUT2D eigenvalue weighted by Gasteiger charge is -2.25. The van der Waals surface area contributed by atoms with Gasteiger partial charge in [-0.1, -0.05) is 12.1 Å². The molecule has 1 fully saturated rings. The van der Waals surface area contributed by atoms with Crippen molar-refractivity contribution in [2.45, 2.75) is 25.6 Å². The van der Waals surface area contributed by atoms with Crippen LogP contribution in [0.4, 0.5) is 28.9 Å². The van der Waals surface area contributed by atoms with Crippen LogP contribution in [-0.2, 0) is 22.3 Å². The van der Waals surface area contributed by atoms with E-state index >= 15 is 0 Å². The summed E-state index contributed by atoms with van der Waals surface area (Å²) in [7, 11) is 1.47. The monoisotopic (exact) mass is 531 g/mol. The zero-order chi connectivity index (χ0) is 27.3. The van der Waals surface area contributed by atoms with Gasteiger partial charge >= 0.3 is 6.18 Å². The molecule has 2 heterocycles. The third-order valence-corrected chi connectivity index (χ3v) is 6.33. The number of benzene rings is 2. The molecule has 38 heavy (non-hydrogen) atoms. The van der Waals surface area contributed by atoms with Crippen LogP contribution < -0.4 is 15.4 Å². The number of aromatic nitrogens is 1. The van der Waals surface area contributed by atoms with Crippen LogP contribution in [0.5, 0.6) is 5.75 Å². The summed E-state index contributed by atoms with van der Waals surface area (Å²) in [5.74, 6) is -1.14. The standard InChI is InChI=1S/C27H25F4N3O4/c1-37-21-10-18(14-32-15-21)24(35)12-26(8-9-38-16-26)25(36)33-13-17-2-5-20(6-3-17)34-23-7-4-19(28)11-22(23)27(29,30)31/h2-7,10-11,14-15,34H,8-9,12-13,16H2,1H3,(H,33,36)/t26-/m0/s1. The Labute approximate surface area is 216 Å². The summed E-state index contributed by atoms with van der Waals surface area (Å²) in [5, 5.41) is 5.50. The number of Topliss-reactive ketones (excluding diaryl/α,β-unsaturated/α-hetero) is 1. The Morgan fingerprint density at radius 1 is 1.11 bits per heavy atom. The van der Waals surface area contributed by atoms with Crippen LogP contribution in [0.25, 0.3) is 0 Å². The lowest BCUT2D eigenvalue weighted by Crippen LogP contribution is -2.42. The Morgan fingerprint density at radius 2 is 1.87 bits per heavy atom. The number of nitrogens with zero attached hydrogens (tertiary/aromatic N) is 1. The largest absolute Gasteiger partial charge is 0.495 e. The summed E-state index contributed by atoms with van der Waals surface area (Å²) < 4.78 is 63.7. The average Bonchev–Trinajstić information content (AvgIpc) is 3.38. The molecule has 0 bridgehead atoms. The summed E-state index contributed by atoms with van der Waals surface area (Å²) in [6.07, 6.45) is -1.50. The molecule has 1 amide bonds. The Morgan fingerprint density at radius 3 is 2.53 bits per heavy atom. The molecule has 0 unspecified atom stereocenters. The maximum atomic E-state index is 13.3. The molecule has 1 aliphatic heterocycles. The van der Waals surface area contributed by atoms with Crippen molar-refractivity contribution in [3.05, 3.63) is 83.4 Å². The van der Waals surface area contributed by atoms with E-state index in [1.54, 1.807) is 30.3 Å². The molecule has 1 atom stereocenters. The van der Waals surface area contributed by atoms with Crippen LogP contribution in [0.15, 0.2) is 60.9 Å². The number of pyridine rings is 1. The van der Waals surface area contributed by atoms with Crippen molar-refractivity contribution in [1.82, 2.24) is 10.3 Å². The molecule has 1 aliphatic rings. The van der Waals surface area contributed by atoms with Crippen molar-refractivity contribution in [3.63, 3.8) is 0 Å². The van der Waals surface area contributed by atoms with Gasteiger partial charge in [0, 0.05) is 37.0 Å². The van der Waals surface area contributed by atoms with Gasteiger partial charge in [-0.25, -0.2) is 4.39 Å². The minimum atomic E-state index is -4.72. The summed E-state index contributed by atoms with van der Waals surface area (Å²) in [5.41, 5.74) is -1.04. The number of hydrogen-bond donors (Lipinski definition) is 2. The van der Waals surface area contributed by atoms with Gasteiger partial charge in [0.15, 0.2) is 5.78 Å². The molecule has 3 aromatic rings. The number of anilines is 2. The molecule has 200 valence electrons. The molecule has 2 aromatic carbocycles. The van der Waals surface area contributed by atoms with E-state index in [0.717, 1.165) is 12.1 Å². The molecule has 1 saturated heterocycles. The third-order valence-electron chi connectivity index (χ3n) is 6.33. The fourth-order valence-electron chi connectivity index (χ4n) is 4.19. The first-order valence-corrected chi connectivity index (χ1v) is 11.7. The number of ether oxygens (including phenoxy) is 2. The molecule has 0 radical (unpaired) electrons. The number of hydrogen-bond acceptors (Lipinski definition) is 6. The van der Waals surface area contributed by atoms with Crippen molar-refractivity contribution < 1.29 is 36.6 Å². The predicted molar refractivity (Wildman–Crippen MR) is 131 cm³/mol. The van der Waals surface area contributed by atoms with Gasteiger partial charge in [0.2, 0.25) is 5.91 Å². The first kappa shape index (κ1) is 27.1. The van der Waals surface area contributed by atoms with Crippen molar-refractivity contribution in [1.29, 1.82) is 0 Å². The zero-order valence-electron chi connectivity index (χ0n) is 20.4. The van der Waals surface area contributed by atoms with Gasteiger partial charge in [-0.05, 0) is 48.4 Å². The molecule has 0 aliphatic carbocycles. The van der Waals surface area contributed by atoms with Gasteiger partial charge in [-0.15, -0.1) is 0 Å². The van der Waals surface area contributed by atoms with Crippen molar-refractivity contribution in [3.8, 4) is 5.75 Å². The SMILES string of the molecule is COc1cncc(C(=O)C[C@@]2(C(=O)NCc3ccc(Nc4ccc(F)cc4C(F)(F)F)cc3)CCOC2)c1. The Bertz CT molecular complexity index is 1310. The molecule has 4 rings (SSSR count). The maximum absolute atomic E-state index is 13.3. The predicted octanol–water partition coefficient (Wildman–Crippen LogP) is 5.29. The Kier molecular flexibility index (Phi) is 7.96. The van der Waals surface area contributed by atoms with E-state index in [1.807, 2.05) is 0 Å². The zero-order valence-corrected chi connectivity index (χ0v) is 20.4. The lowest BCUT2D eigenvalue weighted by atomic mass is 9.80. The summed E-state index contributed by atoms with van der Waals surface area (Å²) in [6.45, 7) is 0.588. The van der Waals surface area contributed by atoms with Crippen LogP contribution in [0, 0.1) is 11.2 Å². The van der Waals surface area contributed by atoms with Crippen LogP contribution >= 0.6 is 0 Å². The molecule has 11 heteroatoms. The van der Waals surface area contributed by atoms with Crippen LogP contribution in [0.2, 0.25) is 0 Å². The number of halogens is 4. The third kappa shape index (κ3) is 6.28. The van der Waals surface area contributed by atoms with Gasteiger partial charge in [-0.3, -0.25) is 14.6 Å².